The van der Waals surface area contributed by atoms with Crippen molar-refractivity contribution in [2.24, 2.45) is 5.73 Å². The molecular weight excluding hydrogens is 469 g/mol. The number of nitrogens with one attached hydrogen (secondary N) is 1. The van der Waals surface area contributed by atoms with Gasteiger partial charge in [0.2, 0.25) is 5.89 Å². The van der Waals surface area contributed by atoms with Crippen molar-refractivity contribution in [1.29, 1.82) is 0 Å². The number of methoxy groups -OCH3 is 1. The predicted molar refractivity (Wildman–Crippen MR) is 106 cm³/mol. The zero-order valence-electron chi connectivity index (χ0n) is 17.3. The molecule has 0 aliphatic heterocycles. The first-order valence-corrected chi connectivity index (χ1v) is 9.40. The molecular formula is C21H16F5N3O5. The van der Waals surface area contributed by atoms with E-state index in [4.69, 9.17) is 14.9 Å². The van der Waals surface area contributed by atoms with Gasteiger partial charge < -0.3 is 24.9 Å². The Bertz CT molecular complexity index is 1190. The van der Waals surface area contributed by atoms with Gasteiger partial charge in [-0.25, -0.2) is 18.6 Å². The summed E-state index contributed by atoms with van der Waals surface area (Å²) in [5.41, 5.74) is 3.49. The number of aromatic nitrogens is 1. The fourth-order valence-electron chi connectivity index (χ4n) is 2.83. The number of primary amides is 1. The zero-order valence-corrected chi connectivity index (χ0v) is 17.3. The molecule has 3 rings (SSSR count). The van der Waals surface area contributed by atoms with E-state index in [1.54, 1.807) is 0 Å². The number of oxazole rings is 1. The molecule has 0 fully saturated rings. The number of nitrogens with two attached hydrogens (primary N) is 1. The number of hydrogen-bond donors (Lipinski definition) is 2. The molecule has 0 radical (unpaired) electrons. The number of halogens is 5. The van der Waals surface area contributed by atoms with Crippen molar-refractivity contribution >= 4 is 12.0 Å². The van der Waals surface area contributed by atoms with Crippen molar-refractivity contribution in [3.8, 4) is 17.0 Å². The highest BCUT2D eigenvalue weighted by molar-refractivity contribution is 5.93. The summed E-state index contributed by atoms with van der Waals surface area (Å²) in [5, 5.41) is 2.29. The van der Waals surface area contributed by atoms with Gasteiger partial charge in [-0.2, -0.15) is 13.2 Å². The first-order chi connectivity index (χ1) is 16.0. The van der Waals surface area contributed by atoms with Crippen LogP contribution in [0.5, 0.6) is 5.75 Å². The fourth-order valence-corrected chi connectivity index (χ4v) is 2.83. The topological polar surface area (TPSA) is 117 Å². The molecule has 1 unspecified atom stereocenters. The number of hydrogen-bond acceptors (Lipinski definition) is 6. The van der Waals surface area contributed by atoms with Crippen LogP contribution in [0.15, 0.2) is 47.1 Å². The van der Waals surface area contributed by atoms with E-state index >= 15 is 0 Å². The third-order valence-electron chi connectivity index (χ3n) is 4.49. The summed E-state index contributed by atoms with van der Waals surface area (Å²) in [7, 11) is 1.10. The fraction of sp³-hybridized carbons (Fsp3) is 0.190. The smallest absolute Gasteiger partial charge is 0.416 e. The second-order valence-corrected chi connectivity index (χ2v) is 6.72. The minimum absolute atomic E-state index is 0.118. The van der Waals surface area contributed by atoms with Gasteiger partial charge in [0.15, 0.2) is 17.7 Å². The Balaban J connectivity index is 1.92. The van der Waals surface area contributed by atoms with Crippen LogP contribution in [0.1, 0.15) is 27.9 Å². The second kappa shape index (κ2) is 9.77. The minimum atomic E-state index is -4.52. The second-order valence-electron chi connectivity index (χ2n) is 6.72. The summed E-state index contributed by atoms with van der Waals surface area (Å²) in [6, 6.07) is 5.71. The lowest BCUT2D eigenvalue weighted by molar-refractivity contribution is -0.137. The van der Waals surface area contributed by atoms with Crippen molar-refractivity contribution in [3.05, 3.63) is 71.3 Å². The van der Waals surface area contributed by atoms with Gasteiger partial charge in [0, 0.05) is 5.56 Å². The normalized spacial score (nSPS) is 12.2. The number of alkyl halides is 3. The van der Waals surface area contributed by atoms with Crippen LogP contribution >= 0.6 is 0 Å². The highest BCUT2D eigenvalue weighted by atomic mass is 19.4. The van der Waals surface area contributed by atoms with Gasteiger partial charge in [-0.15, -0.1) is 0 Å². The number of carbonyl (C=O) groups is 2. The molecule has 0 aliphatic carbocycles. The van der Waals surface area contributed by atoms with Gasteiger partial charge >= 0.3 is 12.3 Å². The number of amides is 2. The first kappa shape index (κ1) is 24.5. The van der Waals surface area contributed by atoms with Gasteiger partial charge in [-0.1, -0.05) is 12.1 Å². The summed E-state index contributed by atoms with van der Waals surface area (Å²) in [6.07, 6.45) is -5.60. The van der Waals surface area contributed by atoms with Crippen LogP contribution < -0.4 is 15.8 Å². The number of rotatable bonds is 7. The molecule has 13 heteroatoms. The van der Waals surface area contributed by atoms with Gasteiger partial charge in [0.05, 0.1) is 19.2 Å². The maximum Gasteiger partial charge on any atom is 0.416 e. The highest BCUT2D eigenvalue weighted by Gasteiger charge is 2.30. The van der Waals surface area contributed by atoms with Gasteiger partial charge in [0.25, 0.3) is 5.91 Å². The van der Waals surface area contributed by atoms with Crippen molar-refractivity contribution in [2.75, 3.05) is 13.7 Å². The van der Waals surface area contributed by atoms with Crippen LogP contribution in [0.25, 0.3) is 11.3 Å². The van der Waals surface area contributed by atoms with Gasteiger partial charge in [0.1, 0.15) is 23.3 Å². The highest BCUT2D eigenvalue weighted by Crippen LogP contribution is 2.32. The average molecular weight is 485 g/mol. The molecule has 2 amide bonds. The SMILES string of the molecule is COC(=O)NCC(Oc1ccc(F)c(C(N)=O)c1F)c1nc(-c2ccc(C(F)(F)F)cc2)co1. The summed E-state index contributed by atoms with van der Waals surface area (Å²) in [4.78, 5) is 27.0. The van der Waals surface area contributed by atoms with Crippen LogP contribution in [0.4, 0.5) is 26.7 Å². The number of ether oxygens (including phenoxy) is 2. The van der Waals surface area contributed by atoms with Crippen LogP contribution in [-0.2, 0) is 10.9 Å². The van der Waals surface area contributed by atoms with Crippen molar-refractivity contribution in [2.45, 2.75) is 12.3 Å². The molecule has 0 aliphatic rings. The molecule has 0 saturated heterocycles. The Kier molecular flexibility index (Phi) is 7.03. The number of nitrogens with zero attached hydrogens (tertiary/aromatic N) is 1. The Morgan fingerprint density at radius 2 is 1.82 bits per heavy atom. The van der Waals surface area contributed by atoms with E-state index in [0.29, 0.717) is 0 Å². The summed E-state index contributed by atoms with van der Waals surface area (Å²) >= 11 is 0. The van der Waals surface area contributed by atoms with E-state index in [-0.39, 0.29) is 23.7 Å². The summed E-state index contributed by atoms with van der Waals surface area (Å²) < 4.78 is 81.9. The van der Waals surface area contributed by atoms with Crippen molar-refractivity contribution in [1.82, 2.24) is 10.3 Å². The molecule has 0 spiro atoms. The van der Waals surface area contributed by atoms with E-state index in [1.165, 1.54) is 12.1 Å². The number of benzene rings is 2. The Morgan fingerprint density at radius 1 is 1.15 bits per heavy atom. The van der Waals surface area contributed by atoms with E-state index in [0.717, 1.165) is 37.6 Å². The largest absolute Gasteiger partial charge is 0.476 e. The lowest BCUT2D eigenvalue weighted by atomic mass is 10.1. The molecule has 34 heavy (non-hydrogen) atoms. The number of carbonyl (C=O) groups excluding carboxylic acids is 2. The van der Waals surface area contributed by atoms with Crippen LogP contribution in [0, 0.1) is 11.6 Å². The minimum Gasteiger partial charge on any atom is -0.476 e. The lowest BCUT2D eigenvalue weighted by Crippen LogP contribution is -2.31. The third kappa shape index (κ3) is 5.42. The molecule has 3 N–H and O–H groups in total. The molecule has 0 saturated carbocycles. The van der Waals surface area contributed by atoms with E-state index in [9.17, 15) is 31.5 Å². The average Bonchev–Trinajstić information content (AvgIpc) is 3.27. The van der Waals surface area contributed by atoms with Crippen LogP contribution in [0.3, 0.4) is 0 Å². The maximum absolute atomic E-state index is 14.6. The van der Waals surface area contributed by atoms with Crippen molar-refractivity contribution in [3.63, 3.8) is 0 Å². The molecule has 180 valence electrons. The molecule has 3 aromatic rings. The molecule has 1 aromatic heterocycles. The van der Waals surface area contributed by atoms with Gasteiger partial charge in [-0.05, 0) is 24.3 Å². The van der Waals surface area contributed by atoms with Crippen LogP contribution in [-0.4, -0.2) is 30.6 Å². The van der Waals surface area contributed by atoms with E-state index < -0.39 is 52.8 Å². The van der Waals surface area contributed by atoms with E-state index in [2.05, 4.69) is 15.0 Å². The Morgan fingerprint density at radius 3 is 2.41 bits per heavy atom. The summed E-state index contributed by atoms with van der Waals surface area (Å²) in [6.45, 7) is -0.373. The Hall–Kier alpha value is -4.16. The monoisotopic (exact) mass is 485 g/mol. The lowest BCUT2D eigenvalue weighted by Gasteiger charge is -2.17. The van der Waals surface area contributed by atoms with E-state index in [1.807, 2.05) is 0 Å². The van der Waals surface area contributed by atoms with Crippen LogP contribution in [0.2, 0.25) is 0 Å². The molecule has 1 heterocycles. The van der Waals surface area contributed by atoms with Crippen molar-refractivity contribution < 1.29 is 45.4 Å². The first-order valence-electron chi connectivity index (χ1n) is 9.40. The Labute approximate surface area is 188 Å². The maximum atomic E-state index is 14.6. The molecule has 8 nitrogen and oxygen atoms in total. The third-order valence-corrected chi connectivity index (χ3v) is 4.49. The zero-order chi connectivity index (χ0) is 25.0. The quantitative estimate of drug-likeness (QED) is 0.485. The predicted octanol–water partition coefficient (Wildman–Crippen LogP) is 4.21. The summed E-state index contributed by atoms with van der Waals surface area (Å²) in [5.74, 6) is -4.77. The standard InChI is InChI=1S/C21H16F5N3O5/c1-32-20(31)28-8-15(34-14-7-6-12(22)16(17(14)23)18(27)30)19-29-13(9-33-19)10-2-4-11(5-3-10)21(24,25)26/h2-7,9,15H,8H2,1H3,(H2,27,30)(H,28,31). The van der Waals surface area contributed by atoms with Gasteiger partial charge in [-0.3, -0.25) is 4.79 Å². The molecule has 1 atom stereocenters. The number of alkyl carbamates (subject to hydrolysis) is 1. The molecule has 0 bridgehead atoms. The molecule has 2 aromatic carbocycles.